The van der Waals surface area contributed by atoms with Crippen molar-refractivity contribution in [1.82, 2.24) is 20.2 Å². The summed E-state index contributed by atoms with van der Waals surface area (Å²) in [5.41, 5.74) is 1.87. The summed E-state index contributed by atoms with van der Waals surface area (Å²) in [4.78, 5) is 33.6. The Morgan fingerprint density at radius 3 is 2.73 bits per heavy atom. The first-order valence-electron chi connectivity index (χ1n) is 10.6. The molecular formula is C22H30N6O4S. The van der Waals surface area contributed by atoms with Gasteiger partial charge in [0.05, 0.1) is 10.7 Å². The summed E-state index contributed by atoms with van der Waals surface area (Å²) in [5, 5.41) is 27.9. The summed E-state index contributed by atoms with van der Waals surface area (Å²) in [6.07, 6.45) is 1.98. The van der Waals surface area contributed by atoms with Gasteiger partial charge >= 0.3 is 0 Å². The lowest BCUT2D eigenvalue weighted by molar-refractivity contribution is -0.149. The van der Waals surface area contributed by atoms with Crippen molar-refractivity contribution in [2.75, 3.05) is 38.2 Å². The molecule has 0 radical (unpaired) electrons. The summed E-state index contributed by atoms with van der Waals surface area (Å²) < 4.78 is 5.06. The smallest absolute Gasteiger partial charge is 0.255 e. The molecule has 0 unspecified atom stereocenters. The minimum Gasteiger partial charge on any atom is -0.387 e. The first kappa shape index (κ1) is 26.3. The second-order valence-electron chi connectivity index (χ2n) is 8.12. The summed E-state index contributed by atoms with van der Waals surface area (Å²) in [7, 11) is 0. The predicted molar refractivity (Wildman–Crippen MR) is 126 cm³/mol. The molecule has 10 nitrogen and oxygen atoms in total. The van der Waals surface area contributed by atoms with Crippen LogP contribution in [0.15, 0.2) is 28.4 Å². The number of aliphatic hydroxyl groups excluding tert-OH is 1. The second kappa shape index (κ2) is 12.3. The Labute approximate surface area is 198 Å². The molecule has 0 aromatic carbocycles. The number of thioether (sulfide) groups is 1. The van der Waals surface area contributed by atoms with Crippen molar-refractivity contribution in [2.45, 2.75) is 34.1 Å². The standard InChI is InChI=1S/C22H30N6O4S/c1-5-32-13-19(31)28(18(30)12-29)10-6-8-24-21-25-9-7-16(26-21)15(11-23)20-27-17(14-33-20)22(2,3)4/h7,9,14,27,29H,5-6,8,10,12-13H2,1-4H3,(H,24,25,26). The predicted octanol–water partition coefficient (Wildman–Crippen LogP) is 2.08. The van der Waals surface area contributed by atoms with Gasteiger partial charge in [0, 0.05) is 37.0 Å². The highest BCUT2D eigenvalue weighted by atomic mass is 32.2. The summed E-state index contributed by atoms with van der Waals surface area (Å²) in [6.45, 7) is 7.90. The van der Waals surface area contributed by atoms with Crippen LogP contribution in [0.4, 0.5) is 5.95 Å². The van der Waals surface area contributed by atoms with Crippen LogP contribution in [0.3, 0.4) is 0 Å². The minimum absolute atomic E-state index is 0.0664. The van der Waals surface area contributed by atoms with Crippen LogP contribution in [-0.2, 0) is 14.3 Å². The van der Waals surface area contributed by atoms with Gasteiger partial charge in [-0.15, -0.1) is 0 Å². The first-order chi connectivity index (χ1) is 15.7. The molecular weight excluding hydrogens is 444 g/mol. The zero-order valence-corrected chi connectivity index (χ0v) is 20.2. The van der Waals surface area contributed by atoms with Crippen LogP contribution >= 0.6 is 11.8 Å². The van der Waals surface area contributed by atoms with Gasteiger partial charge in [-0.3, -0.25) is 14.5 Å². The van der Waals surface area contributed by atoms with Crippen LogP contribution in [0.5, 0.6) is 0 Å². The molecule has 1 aromatic rings. The van der Waals surface area contributed by atoms with E-state index in [-0.39, 0.29) is 18.6 Å². The molecule has 0 spiro atoms. The van der Waals surface area contributed by atoms with E-state index < -0.39 is 18.4 Å². The largest absolute Gasteiger partial charge is 0.387 e. The van der Waals surface area contributed by atoms with Gasteiger partial charge in [0.1, 0.15) is 24.9 Å². The van der Waals surface area contributed by atoms with Crippen LogP contribution in [-0.4, -0.2) is 64.7 Å². The number of imide groups is 1. The Morgan fingerprint density at radius 2 is 2.12 bits per heavy atom. The van der Waals surface area contributed by atoms with E-state index in [1.54, 1.807) is 19.2 Å². The van der Waals surface area contributed by atoms with Gasteiger partial charge in [-0.2, -0.15) is 5.26 Å². The van der Waals surface area contributed by atoms with Crippen molar-refractivity contribution in [3.63, 3.8) is 0 Å². The van der Waals surface area contributed by atoms with Gasteiger partial charge in [-0.1, -0.05) is 32.5 Å². The van der Waals surface area contributed by atoms with E-state index in [0.29, 0.717) is 36.8 Å². The molecule has 1 aliphatic rings. The van der Waals surface area contributed by atoms with E-state index in [1.807, 2.05) is 5.41 Å². The fourth-order valence-corrected chi connectivity index (χ4v) is 3.86. The van der Waals surface area contributed by atoms with Crippen molar-refractivity contribution >= 4 is 35.1 Å². The third-order valence-electron chi connectivity index (χ3n) is 4.61. The van der Waals surface area contributed by atoms with Crippen LogP contribution in [0, 0.1) is 16.7 Å². The van der Waals surface area contributed by atoms with Crippen LogP contribution in [0.2, 0.25) is 0 Å². The Balaban J connectivity index is 2.00. The van der Waals surface area contributed by atoms with E-state index >= 15 is 0 Å². The number of allylic oxidation sites excluding steroid dienone is 2. The molecule has 2 rings (SSSR count). The number of nitrogens with zero attached hydrogens (tertiary/aromatic N) is 4. The maximum Gasteiger partial charge on any atom is 0.255 e. The molecule has 178 valence electrons. The van der Waals surface area contributed by atoms with E-state index in [0.717, 1.165) is 15.6 Å². The third kappa shape index (κ3) is 7.56. The second-order valence-corrected chi connectivity index (χ2v) is 9.00. The molecule has 3 N–H and O–H groups in total. The van der Waals surface area contributed by atoms with E-state index in [2.05, 4.69) is 47.4 Å². The number of nitriles is 1. The topological polar surface area (TPSA) is 140 Å². The Hall–Kier alpha value is -2.94. The lowest BCUT2D eigenvalue weighted by atomic mass is 9.93. The molecule has 0 fully saturated rings. The van der Waals surface area contributed by atoms with Crippen molar-refractivity contribution in [3.05, 3.63) is 34.1 Å². The quantitative estimate of drug-likeness (QED) is 0.341. The number of hydrogen-bond donors (Lipinski definition) is 3. The number of anilines is 1. The van der Waals surface area contributed by atoms with Gasteiger partial charge in [-0.05, 0) is 24.8 Å². The molecule has 2 amide bonds. The summed E-state index contributed by atoms with van der Waals surface area (Å²) in [6, 6.07) is 3.89. The van der Waals surface area contributed by atoms with E-state index in [9.17, 15) is 14.9 Å². The highest BCUT2D eigenvalue weighted by Gasteiger charge is 2.25. The molecule has 33 heavy (non-hydrogen) atoms. The molecule has 0 aliphatic carbocycles. The van der Waals surface area contributed by atoms with Crippen LogP contribution in [0.1, 0.15) is 39.8 Å². The maximum atomic E-state index is 12.1. The number of carbonyl (C=O) groups excluding carboxylic acids is 2. The molecule has 0 bridgehead atoms. The highest BCUT2D eigenvalue weighted by molar-refractivity contribution is 8.06. The highest BCUT2D eigenvalue weighted by Crippen LogP contribution is 2.37. The Morgan fingerprint density at radius 1 is 1.36 bits per heavy atom. The van der Waals surface area contributed by atoms with E-state index in [1.165, 1.54) is 11.8 Å². The zero-order valence-electron chi connectivity index (χ0n) is 19.3. The average Bonchev–Trinajstić information content (AvgIpc) is 3.28. The van der Waals surface area contributed by atoms with Crippen molar-refractivity contribution in [1.29, 1.82) is 5.26 Å². The van der Waals surface area contributed by atoms with Gasteiger partial charge < -0.3 is 20.5 Å². The molecule has 11 heteroatoms. The average molecular weight is 475 g/mol. The maximum absolute atomic E-state index is 12.1. The van der Waals surface area contributed by atoms with Gasteiger partial charge in [0.15, 0.2) is 0 Å². The molecule has 1 aliphatic heterocycles. The molecule has 0 saturated carbocycles. The Kier molecular flexibility index (Phi) is 9.84. The van der Waals surface area contributed by atoms with E-state index in [4.69, 9.17) is 9.84 Å². The Bertz CT molecular complexity index is 964. The lowest BCUT2D eigenvalue weighted by Gasteiger charge is -2.20. The van der Waals surface area contributed by atoms with Crippen molar-refractivity contribution in [3.8, 4) is 6.07 Å². The number of aliphatic hydroxyl groups is 1. The molecule has 1 aromatic heterocycles. The minimum atomic E-state index is -0.750. The number of ether oxygens (including phenoxy) is 1. The summed E-state index contributed by atoms with van der Waals surface area (Å²) >= 11 is 1.45. The number of nitrogens with one attached hydrogen (secondary N) is 2. The van der Waals surface area contributed by atoms with Crippen LogP contribution in [0.25, 0.3) is 5.57 Å². The fraction of sp³-hybridized carbons (Fsp3) is 0.500. The zero-order chi connectivity index (χ0) is 24.4. The van der Waals surface area contributed by atoms with Gasteiger partial charge in [0.25, 0.3) is 11.8 Å². The first-order valence-corrected chi connectivity index (χ1v) is 11.5. The summed E-state index contributed by atoms with van der Waals surface area (Å²) in [5.74, 6) is -0.842. The lowest BCUT2D eigenvalue weighted by Crippen LogP contribution is -2.42. The number of carbonyl (C=O) groups is 2. The van der Waals surface area contributed by atoms with Gasteiger partial charge in [-0.25, -0.2) is 9.97 Å². The van der Waals surface area contributed by atoms with Crippen molar-refractivity contribution in [2.24, 2.45) is 5.41 Å². The number of aromatic nitrogens is 2. The monoisotopic (exact) mass is 474 g/mol. The fourth-order valence-electron chi connectivity index (χ4n) is 2.77. The SMILES string of the molecule is CCOCC(=O)N(CCCNc1nccc(C(C#N)=C2NC(C(C)(C)C)=CS2)n1)C(=O)CO. The third-order valence-corrected chi connectivity index (χ3v) is 5.51. The number of amides is 2. The van der Waals surface area contributed by atoms with Crippen LogP contribution < -0.4 is 10.6 Å². The molecule has 0 atom stereocenters. The number of rotatable bonds is 10. The normalized spacial score (nSPS) is 14.7. The van der Waals surface area contributed by atoms with Crippen molar-refractivity contribution < 1.29 is 19.4 Å². The number of hydrogen-bond acceptors (Lipinski definition) is 10. The molecule has 2 heterocycles. The van der Waals surface area contributed by atoms with Gasteiger partial charge in [0.2, 0.25) is 5.95 Å². The molecule has 0 saturated heterocycles.